The molecule has 0 amide bonds. The summed E-state index contributed by atoms with van der Waals surface area (Å²) in [6.45, 7) is 0. The maximum absolute atomic E-state index is 13.4. The molecule has 8 heteroatoms. The highest BCUT2D eigenvalue weighted by Crippen LogP contribution is 2.30. The molecule has 1 aromatic heterocycles. The molecule has 18 heavy (non-hydrogen) atoms. The molecule has 2 rings (SSSR count). The third kappa shape index (κ3) is 2.51. The predicted molar refractivity (Wildman–Crippen MR) is 60.2 cm³/mol. The number of aromatic nitrogens is 2. The van der Waals surface area contributed by atoms with Gasteiger partial charge in [0, 0.05) is 5.02 Å². The van der Waals surface area contributed by atoms with Crippen LogP contribution >= 0.6 is 11.6 Å². The molecule has 92 valence electrons. The number of benzene rings is 1. The van der Waals surface area contributed by atoms with Gasteiger partial charge in [-0.25, -0.2) is 9.37 Å². The van der Waals surface area contributed by atoms with Crippen molar-refractivity contribution in [3.05, 3.63) is 51.7 Å². The van der Waals surface area contributed by atoms with E-state index in [-0.39, 0.29) is 16.7 Å². The van der Waals surface area contributed by atoms with Crippen LogP contribution in [-0.2, 0) is 0 Å². The quantitative estimate of drug-likeness (QED) is 0.632. The summed E-state index contributed by atoms with van der Waals surface area (Å²) in [5, 5.41) is 10.9. The minimum absolute atomic E-state index is 0.192. The molecule has 0 unspecified atom stereocenters. The van der Waals surface area contributed by atoms with Crippen LogP contribution in [-0.4, -0.2) is 14.9 Å². The molecule has 0 aliphatic carbocycles. The van der Waals surface area contributed by atoms with Crippen LogP contribution in [0.4, 0.5) is 10.1 Å². The van der Waals surface area contributed by atoms with E-state index in [1.54, 1.807) is 0 Å². The molecule has 6 nitrogen and oxygen atoms in total. The van der Waals surface area contributed by atoms with Crippen LogP contribution in [0.2, 0.25) is 5.02 Å². The van der Waals surface area contributed by atoms with E-state index in [0.717, 1.165) is 18.6 Å². The van der Waals surface area contributed by atoms with Gasteiger partial charge in [0.15, 0.2) is 11.6 Å². The molecule has 0 spiro atoms. The molecule has 0 aliphatic heterocycles. The Hall–Kier alpha value is -2.28. The van der Waals surface area contributed by atoms with Crippen LogP contribution in [0.3, 0.4) is 0 Å². The van der Waals surface area contributed by atoms with Crippen molar-refractivity contribution in [1.82, 2.24) is 9.97 Å². The molecule has 0 saturated carbocycles. The number of nitrogens with zero attached hydrogens (tertiary/aromatic N) is 3. The molecule has 0 aliphatic rings. The van der Waals surface area contributed by atoms with Crippen molar-refractivity contribution in [2.24, 2.45) is 0 Å². The average molecular weight is 270 g/mol. The Morgan fingerprint density at radius 3 is 2.89 bits per heavy atom. The van der Waals surface area contributed by atoms with Crippen LogP contribution in [0.25, 0.3) is 0 Å². The fourth-order valence-corrected chi connectivity index (χ4v) is 1.34. The van der Waals surface area contributed by atoms with E-state index in [0.29, 0.717) is 0 Å². The number of hydrogen-bond acceptors (Lipinski definition) is 5. The number of rotatable bonds is 3. The SMILES string of the molecule is O=[N+]([O-])c1cncnc1Oc1ccc(Cl)cc1F. The monoisotopic (exact) mass is 269 g/mol. The zero-order valence-corrected chi connectivity index (χ0v) is 9.46. The molecule has 1 aromatic carbocycles. The number of nitro groups is 1. The van der Waals surface area contributed by atoms with Gasteiger partial charge in [-0.1, -0.05) is 11.6 Å². The first kappa shape index (κ1) is 12.2. The highest BCUT2D eigenvalue weighted by Gasteiger charge is 2.18. The van der Waals surface area contributed by atoms with Crippen molar-refractivity contribution < 1.29 is 14.1 Å². The highest BCUT2D eigenvalue weighted by molar-refractivity contribution is 6.30. The second-order valence-corrected chi connectivity index (χ2v) is 3.58. The maximum Gasteiger partial charge on any atom is 0.349 e. The molecule has 1 heterocycles. The first-order valence-corrected chi connectivity index (χ1v) is 5.03. The fourth-order valence-electron chi connectivity index (χ4n) is 1.18. The average Bonchev–Trinajstić information content (AvgIpc) is 2.33. The van der Waals surface area contributed by atoms with Gasteiger partial charge in [-0.2, -0.15) is 4.98 Å². The van der Waals surface area contributed by atoms with E-state index in [1.165, 1.54) is 12.1 Å². The van der Waals surface area contributed by atoms with Gasteiger partial charge in [-0.15, -0.1) is 0 Å². The Bertz CT molecular complexity index is 609. The van der Waals surface area contributed by atoms with E-state index < -0.39 is 16.4 Å². The van der Waals surface area contributed by atoms with Crippen molar-refractivity contribution in [2.75, 3.05) is 0 Å². The van der Waals surface area contributed by atoms with E-state index >= 15 is 0 Å². The number of ether oxygens (including phenoxy) is 1. The van der Waals surface area contributed by atoms with Gasteiger partial charge >= 0.3 is 11.6 Å². The van der Waals surface area contributed by atoms with E-state index in [4.69, 9.17) is 16.3 Å². The topological polar surface area (TPSA) is 78.2 Å². The van der Waals surface area contributed by atoms with E-state index in [1.807, 2.05) is 0 Å². The molecule has 0 radical (unpaired) electrons. The van der Waals surface area contributed by atoms with Crippen LogP contribution in [0.15, 0.2) is 30.7 Å². The zero-order valence-electron chi connectivity index (χ0n) is 8.71. The lowest BCUT2D eigenvalue weighted by Crippen LogP contribution is -1.97. The van der Waals surface area contributed by atoms with Crippen LogP contribution in [0.1, 0.15) is 0 Å². The standard InChI is InChI=1S/C10H5ClFN3O3/c11-6-1-2-9(7(12)3-6)18-10-8(15(16)17)4-13-5-14-10/h1-5H. The van der Waals surface area contributed by atoms with Crippen molar-refractivity contribution in [3.63, 3.8) is 0 Å². The van der Waals surface area contributed by atoms with Gasteiger partial charge in [-0.05, 0) is 18.2 Å². The molecule has 0 saturated heterocycles. The second-order valence-electron chi connectivity index (χ2n) is 3.15. The van der Waals surface area contributed by atoms with Crippen LogP contribution < -0.4 is 4.74 Å². The highest BCUT2D eigenvalue weighted by atomic mass is 35.5. The first-order chi connectivity index (χ1) is 8.58. The van der Waals surface area contributed by atoms with Gasteiger partial charge in [-0.3, -0.25) is 10.1 Å². The minimum Gasteiger partial charge on any atom is -0.430 e. The summed E-state index contributed by atoms with van der Waals surface area (Å²) in [4.78, 5) is 17.0. The smallest absolute Gasteiger partial charge is 0.349 e. The summed E-state index contributed by atoms with van der Waals surface area (Å²) in [6, 6.07) is 3.68. The van der Waals surface area contributed by atoms with Crippen LogP contribution in [0, 0.1) is 15.9 Å². The summed E-state index contributed by atoms with van der Waals surface area (Å²) < 4.78 is 18.5. The molecule has 0 N–H and O–H groups in total. The summed E-state index contributed by atoms with van der Waals surface area (Å²) in [5.41, 5.74) is -0.452. The van der Waals surface area contributed by atoms with E-state index in [2.05, 4.69) is 9.97 Å². The maximum atomic E-state index is 13.4. The van der Waals surface area contributed by atoms with Crippen LogP contribution in [0.5, 0.6) is 11.6 Å². The molecule has 0 fully saturated rings. The van der Waals surface area contributed by atoms with Crippen molar-refractivity contribution in [3.8, 4) is 11.6 Å². The summed E-state index contributed by atoms with van der Waals surface area (Å²) in [6.07, 6.45) is 2.03. The van der Waals surface area contributed by atoms with Crippen molar-refractivity contribution in [1.29, 1.82) is 0 Å². The largest absolute Gasteiger partial charge is 0.430 e. The normalized spacial score (nSPS) is 10.1. The van der Waals surface area contributed by atoms with E-state index in [9.17, 15) is 14.5 Å². The van der Waals surface area contributed by atoms with Gasteiger partial charge in [0.2, 0.25) is 0 Å². The van der Waals surface area contributed by atoms with Crippen molar-refractivity contribution in [2.45, 2.75) is 0 Å². The molecular weight excluding hydrogens is 265 g/mol. The molecule has 0 atom stereocenters. The Balaban J connectivity index is 2.37. The molecule has 0 bridgehead atoms. The second kappa shape index (κ2) is 4.92. The lowest BCUT2D eigenvalue weighted by Gasteiger charge is -2.05. The summed E-state index contributed by atoms with van der Waals surface area (Å²) in [5.74, 6) is -1.28. The molecular formula is C10H5ClFN3O3. The first-order valence-electron chi connectivity index (χ1n) is 4.65. The fraction of sp³-hybridized carbons (Fsp3) is 0. The predicted octanol–water partition coefficient (Wildman–Crippen LogP) is 2.97. The summed E-state index contributed by atoms with van der Waals surface area (Å²) in [7, 11) is 0. The van der Waals surface area contributed by atoms with Crippen molar-refractivity contribution >= 4 is 17.3 Å². The number of halogens is 2. The lowest BCUT2D eigenvalue weighted by molar-refractivity contribution is -0.386. The third-order valence-electron chi connectivity index (χ3n) is 1.95. The van der Waals surface area contributed by atoms with Gasteiger partial charge in [0.05, 0.1) is 4.92 Å². The molecule has 2 aromatic rings. The minimum atomic E-state index is -0.740. The Morgan fingerprint density at radius 2 is 2.22 bits per heavy atom. The summed E-state index contributed by atoms with van der Waals surface area (Å²) >= 11 is 5.57. The third-order valence-corrected chi connectivity index (χ3v) is 2.19. The van der Waals surface area contributed by atoms with Gasteiger partial charge in [0.25, 0.3) is 0 Å². The lowest BCUT2D eigenvalue weighted by atomic mass is 10.3. The van der Waals surface area contributed by atoms with Gasteiger partial charge in [0.1, 0.15) is 12.5 Å². The Kier molecular flexibility index (Phi) is 3.33. The Labute approximate surface area is 105 Å². The van der Waals surface area contributed by atoms with Gasteiger partial charge < -0.3 is 4.74 Å². The zero-order chi connectivity index (χ0) is 13.1. The Morgan fingerprint density at radius 1 is 1.44 bits per heavy atom. The number of hydrogen-bond donors (Lipinski definition) is 0.